The van der Waals surface area contributed by atoms with Crippen molar-refractivity contribution < 1.29 is 13.2 Å². The van der Waals surface area contributed by atoms with Crippen molar-refractivity contribution in [3.63, 3.8) is 0 Å². The van der Waals surface area contributed by atoms with Gasteiger partial charge in [-0.2, -0.15) is 13.2 Å². The number of anilines is 1. The molecule has 35 heavy (non-hydrogen) atoms. The van der Waals surface area contributed by atoms with Gasteiger partial charge in [0.1, 0.15) is 0 Å². The average molecular weight is 480 g/mol. The predicted octanol–water partition coefficient (Wildman–Crippen LogP) is 4.51. The number of nitrogens with one attached hydrogen (secondary N) is 1. The van der Waals surface area contributed by atoms with Gasteiger partial charge in [-0.05, 0) is 41.8 Å². The molecule has 0 saturated heterocycles. The van der Waals surface area contributed by atoms with Gasteiger partial charge >= 0.3 is 6.18 Å². The third-order valence-electron chi connectivity index (χ3n) is 5.61. The Balaban J connectivity index is 1.70. The van der Waals surface area contributed by atoms with Gasteiger partial charge in [-0.25, -0.2) is 4.98 Å². The van der Waals surface area contributed by atoms with Crippen molar-refractivity contribution in [2.75, 3.05) is 11.9 Å². The lowest BCUT2D eigenvalue weighted by Gasteiger charge is -2.18. The van der Waals surface area contributed by atoms with Crippen LogP contribution in [0.4, 0.5) is 19.1 Å². The van der Waals surface area contributed by atoms with Gasteiger partial charge in [-0.1, -0.05) is 42.5 Å². The Kier molecular flexibility index (Phi) is 6.97. The molecule has 0 aliphatic carbocycles. The third kappa shape index (κ3) is 5.58. The fourth-order valence-corrected chi connectivity index (χ4v) is 3.78. The lowest BCUT2D eigenvalue weighted by atomic mass is 10.00. The molecule has 1 atom stereocenters. The molecule has 3 N–H and O–H groups in total. The van der Waals surface area contributed by atoms with E-state index in [1.807, 2.05) is 30.3 Å². The van der Waals surface area contributed by atoms with Gasteiger partial charge in [0.25, 0.3) is 5.56 Å². The SMILES string of the molecule is Cn1c(NC[C@H](N)Cc2ccccc2)nc(-c2ccncc2)c(-c2ccc(C(F)(F)F)cc2)c1=O. The van der Waals surface area contributed by atoms with E-state index >= 15 is 0 Å². The maximum Gasteiger partial charge on any atom is 0.416 e. The Morgan fingerprint density at radius 1 is 0.971 bits per heavy atom. The van der Waals surface area contributed by atoms with Gasteiger partial charge in [0.2, 0.25) is 5.95 Å². The zero-order chi connectivity index (χ0) is 25.0. The molecule has 0 bridgehead atoms. The van der Waals surface area contributed by atoms with E-state index in [1.165, 1.54) is 16.7 Å². The van der Waals surface area contributed by atoms with Crippen LogP contribution in [0, 0.1) is 0 Å². The van der Waals surface area contributed by atoms with Gasteiger partial charge in [0.05, 0.1) is 16.8 Å². The monoisotopic (exact) mass is 479 g/mol. The molecule has 2 heterocycles. The molecule has 4 aromatic rings. The number of aromatic nitrogens is 3. The highest BCUT2D eigenvalue weighted by Crippen LogP contribution is 2.33. The van der Waals surface area contributed by atoms with Crippen molar-refractivity contribution >= 4 is 5.95 Å². The van der Waals surface area contributed by atoms with E-state index in [9.17, 15) is 18.0 Å². The van der Waals surface area contributed by atoms with Crippen LogP contribution in [0.15, 0.2) is 83.9 Å². The van der Waals surface area contributed by atoms with Gasteiger partial charge in [-0.15, -0.1) is 0 Å². The molecule has 0 spiro atoms. The number of hydrogen-bond acceptors (Lipinski definition) is 5. The summed E-state index contributed by atoms with van der Waals surface area (Å²) in [7, 11) is 1.56. The number of halogens is 3. The number of hydrogen-bond donors (Lipinski definition) is 2. The molecule has 0 fully saturated rings. The standard InChI is InChI=1S/C26H24F3N5O/c1-34-24(35)22(18-7-9-20(10-8-18)26(27,28)29)23(19-11-13-31-14-12-19)33-25(34)32-16-21(30)15-17-5-3-2-4-6-17/h2-14,21H,15-16,30H2,1H3,(H,32,33)/t21-/m1/s1. The zero-order valence-electron chi connectivity index (χ0n) is 19.0. The van der Waals surface area contributed by atoms with Crippen molar-refractivity contribution in [1.82, 2.24) is 14.5 Å². The molecule has 6 nitrogen and oxygen atoms in total. The van der Waals surface area contributed by atoms with Crippen LogP contribution in [0.5, 0.6) is 0 Å². The number of nitrogens with zero attached hydrogens (tertiary/aromatic N) is 3. The molecule has 0 radical (unpaired) electrons. The van der Waals surface area contributed by atoms with Crippen molar-refractivity contribution in [3.05, 3.63) is 101 Å². The van der Waals surface area contributed by atoms with Crippen molar-refractivity contribution in [2.24, 2.45) is 12.8 Å². The van der Waals surface area contributed by atoms with Crippen LogP contribution in [0.2, 0.25) is 0 Å². The lowest BCUT2D eigenvalue weighted by Crippen LogP contribution is -2.34. The van der Waals surface area contributed by atoms with E-state index in [2.05, 4.69) is 15.3 Å². The summed E-state index contributed by atoms with van der Waals surface area (Å²) in [6.45, 7) is 0.366. The van der Waals surface area contributed by atoms with Gasteiger partial charge in [0.15, 0.2) is 0 Å². The molecule has 0 unspecified atom stereocenters. The highest BCUT2D eigenvalue weighted by molar-refractivity contribution is 5.80. The van der Waals surface area contributed by atoms with Crippen molar-refractivity contribution in [3.8, 4) is 22.4 Å². The van der Waals surface area contributed by atoms with Crippen LogP contribution in [0.1, 0.15) is 11.1 Å². The maximum absolute atomic E-state index is 13.4. The number of alkyl halides is 3. The fourth-order valence-electron chi connectivity index (χ4n) is 3.78. The summed E-state index contributed by atoms with van der Waals surface area (Å²) in [6, 6.07) is 17.5. The van der Waals surface area contributed by atoms with E-state index in [0.717, 1.165) is 17.7 Å². The molecule has 4 rings (SSSR count). The van der Waals surface area contributed by atoms with Crippen LogP contribution < -0.4 is 16.6 Å². The first-order valence-corrected chi connectivity index (χ1v) is 11.0. The first-order valence-electron chi connectivity index (χ1n) is 11.0. The largest absolute Gasteiger partial charge is 0.416 e. The zero-order valence-corrected chi connectivity index (χ0v) is 19.0. The fraction of sp³-hybridized carbons (Fsp3) is 0.192. The van der Waals surface area contributed by atoms with Crippen LogP contribution in [0.3, 0.4) is 0 Å². The Hall–Kier alpha value is -3.98. The first kappa shape index (κ1) is 24.2. The topological polar surface area (TPSA) is 85.8 Å². The lowest BCUT2D eigenvalue weighted by molar-refractivity contribution is -0.137. The molecule has 0 amide bonds. The van der Waals surface area contributed by atoms with Crippen LogP contribution in [-0.2, 0) is 19.6 Å². The van der Waals surface area contributed by atoms with E-state index < -0.39 is 17.3 Å². The summed E-state index contributed by atoms with van der Waals surface area (Å²) in [5.41, 5.74) is 7.69. The second-order valence-corrected chi connectivity index (χ2v) is 8.16. The third-order valence-corrected chi connectivity index (χ3v) is 5.61. The Morgan fingerprint density at radius 3 is 2.26 bits per heavy atom. The number of nitrogens with two attached hydrogens (primary N) is 1. The minimum Gasteiger partial charge on any atom is -0.354 e. The van der Waals surface area contributed by atoms with Crippen molar-refractivity contribution in [1.29, 1.82) is 0 Å². The van der Waals surface area contributed by atoms with E-state index in [4.69, 9.17) is 5.73 Å². The molecular weight excluding hydrogens is 455 g/mol. The molecule has 180 valence electrons. The summed E-state index contributed by atoms with van der Waals surface area (Å²) < 4.78 is 40.5. The second-order valence-electron chi connectivity index (χ2n) is 8.16. The first-order chi connectivity index (χ1) is 16.7. The highest BCUT2D eigenvalue weighted by atomic mass is 19.4. The number of rotatable bonds is 7. The highest BCUT2D eigenvalue weighted by Gasteiger charge is 2.30. The molecule has 0 aliphatic rings. The smallest absolute Gasteiger partial charge is 0.354 e. The van der Waals surface area contributed by atoms with E-state index in [1.54, 1.807) is 31.6 Å². The van der Waals surface area contributed by atoms with Gasteiger partial charge in [-0.3, -0.25) is 14.3 Å². The summed E-state index contributed by atoms with van der Waals surface area (Å²) >= 11 is 0. The molecule has 2 aromatic heterocycles. The molecule has 0 aliphatic heterocycles. The molecule has 0 saturated carbocycles. The minimum absolute atomic E-state index is 0.201. The average Bonchev–Trinajstić information content (AvgIpc) is 2.85. The summed E-state index contributed by atoms with van der Waals surface area (Å²) in [4.78, 5) is 22.1. The number of benzene rings is 2. The van der Waals surface area contributed by atoms with Gasteiger partial charge in [0, 0.05) is 37.6 Å². The predicted molar refractivity (Wildman–Crippen MR) is 130 cm³/mol. The van der Waals surface area contributed by atoms with Gasteiger partial charge < -0.3 is 11.1 Å². The maximum atomic E-state index is 13.4. The van der Waals surface area contributed by atoms with Crippen LogP contribution in [0.25, 0.3) is 22.4 Å². The normalized spacial score (nSPS) is 12.4. The molecular formula is C26H24F3N5O. The molecule has 9 heteroatoms. The second kappa shape index (κ2) is 10.1. The summed E-state index contributed by atoms with van der Waals surface area (Å²) in [5, 5.41) is 3.15. The quantitative estimate of drug-likeness (QED) is 0.407. The van der Waals surface area contributed by atoms with Crippen LogP contribution in [-0.4, -0.2) is 27.1 Å². The Bertz CT molecular complexity index is 1340. The summed E-state index contributed by atoms with van der Waals surface area (Å²) in [6.07, 6.45) is -0.702. The van der Waals surface area contributed by atoms with Crippen molar-refractivity contribution in [2.45, 2.75) is 18.6 Å². The van der Waals surface area contributed by atoms with E-state index in [-0.39, 0.29) is 11.6 Å². The Morgan fingerprint density at radius 2 is 1.63 bits per heavy atom. The van der Waals surface area contributed by atoms with Crippen LogP contribution >= 0.6 is 0 Å². The van der Waals surface area contributed by atoms with E-state index in [0.29, 0.717) is 35.7 Å². The number of pyridine rings is 1. The molecule has 2 aromatic carbocycles. The summed E-state index contributed by atoms with van der Waals surface area (Å²) in [5.74, 6) is 0.306. The Labute approximate surface area is 200 Å². The minimum atomic E-state index is -4.47.